The van der Waals surface area contributed by atoms with Crippen LogP contribution in [0.15, 0.2) is 0 Å². The third kappa shape index (κ3) is 2.98. The van der Waals surface area contributed by atoms with Gasteiger partial charge in [-0.2, -0.15) is 0 Å². The van der Waals surface area contributed by atoms with E-state index in [1.165, 1.54) is 45.1 Å². The summed E-state index contributed by atoms with van der Waals surface area (Å²) < 4.78 is 5.74. The molecule has 0 aromatic heterocycles. The Morgan fingerprint density at radius 2 is 1.95 bits per heavy atom. The fourth-order valence-electron chi connectivity index (χ4n) is 4.04. The lowest BCUT2D eigenvalue weighted by molar-refractivity contribution is -0.0234. The highest BCUT2D eigenvalue weighted by Gasteiger charge is 2.42. The zero-order valence-corrected chi connectivity index (χ0v) is 13.2. The zero-order valence-electron chi connectivity index (χ0n) is 13.2. The Kier molecular flexibility index (Phi) is 5.27. The number of nitrogens with one attached hydrogen (secondary N) is 1. The van der Waals surface area contributed by atoms with Gasteiger partial charge in [-0.05, 0) is 38.5 Å². The van der Waals surface area contributed by atoms with E-state index < -0.39 is 0 Å². The largest absolute Gasteiger partial charge is 0.380 e. The quantitative estimate of drug-likeness (QED) is 0.830. The molecule has 0 aromatic rings. The predicted molar refractivity (Wildman–Crippen MR) is 80.5 cm³/mol. The fraction of sp³-hybridized carbons (Fsp3) is 1.00. The number of methoxy groups -OCH3 is 1. The minimum Gasteiger partial charge on any atom is -0.380 e. The van der Waals surface area contributed by atoms with Gasteiger partial charge in [-0.3, -0.25) is 4.90 Å². The van der Waals surface area contributed by atoms with Crippen LogP contribution in [0.4, 0.5) is 0 Å². The summed E-state index contributed by atoms with van der Waals surface area (Å²) in [6, 6.07) is 1.33. The van der Waals surface area contributed by atoms with Crippen LogP contribution >= 0.6 is 0 Å². The number of ether oxygens (including phenoxy) is 1. The van der Waals surface area contributed by atoms with Crippen LogP contribution in [0, 0.1) is 0 Å². The summed E-state index contributed by atoms with van der Waals surface area (Å²) in [6.07, 6.45) is 8.03. The molecule has 3 unspecified atom stereocenters. The van der Waals surface area contributed by atoms with Gasteiger partial charge in [-0.15, -0.1) is 0 Å². The number of hydrogen-bond acceptors (Lipinski definition) is 3. The average molecular weight is 268 g/mol. The van der Waals surface area contributed by atoms with Gasteiger partial charge in [-0.1, -0.05) is 20.8 Å². The molecule has 1 saturated heterocycles. The van der Waals surface area contributed by atoms with Crippen molar-refractivity contribution in [3.63, 3.8) is 0 Å². The van der Waals surface area contributed by atoms with E-state index in [9.17, 15) is 0 Å². The topological polar surface area (TPSA) is 24.5 Å². The molecular weight excluding hydrogens is 236 g/mol. The molecule has 2 aliphatic rings. The van der Waals surface area contributed by atoms with Gasteiger partial charge in [0, 0.05) is 37.8 Å². The molecule has 2 fully saturated rings. The van der Waals surface area contributed by atoms with Crippen LogP contribution in [-0.4, -0.2) is 48.8 Å². The maximum atomic E-state index is 5.74. The monoisotopic (exact) mass is 268 g/mol. The van der Waals surface area contributed by atoms with Gasteiger partial charge in [0.25, 0.3) is 0 Å². The molecule has 0 bridgehead atoms. The van der Waals surface area contributed by atoms with Crippen molar-refractivity contribution in [2.45, 2.75) is 83.0 Å². The third-order valence-electron chi connectivity index (χ3n) is 5.64. The highest BCUT2D eigenvalue weighted by atomic mass is 16.5. The van der Waals surface area contributed by atoms with E-state index in [0.717, 1.165) is 6.54 Å². The summed E-state index contributed by atoms with van der Waals surface area (Å²) in [7, 11) is 1.89. The lowest BCUT2D eigenvalue weighted by Gasteiger charge is -2.50. The van der Waals surface area contributed by atoms with Crippen molar-refractivity contribution in [2.24, 2.45) is 0 Å². The molecule has 1 aliphatic heterocycles. The van der Waals surface area contributed by atoms with Gasteiger partial charge in [0.05, 0.1) is 6.10 Å². The molecule has 1 heterocycles. The molecule has 1 saturated carbocycles. The molecular formula is C16H32N2O. The molecule has 112 valence electrons. The van der Waals surface area contributed by atoms with Gasteiger partial charge in [-0.25, -0.2) is 0 Å². The van der Waals surface area contributed by atoms with Crippen molar-refractivity contribution in [3.8, 4) is 0 Å². The van der Waals surface area contributed by atoms with Crippen molar-refractivity contribution in [1.29, 1.82) is 0 Å². The van der Waals surface area contributed by atoms with Crippen molar-refractivity contribution in [3.05, 3.63) is 0 Å². The smallest absolute Gasteiger partial charge is 0.0726 e. The summed E-state index contributed by atoms with van der Waals surface area (Å²) in [5.41, 5.74) is 0.326. The summed E-state index contributed by atoms with van der Waals surface area (Å²) in [4.78, 5) is 2.78. The minimum absolute atomic E-state index is 0.326. The SMILES string of the molecule is CCC1CNC(CC)(CC)CN1C1CCCC1OC. The predicted octanol–water partition coefficient (Wildman–Crippen LogP) is 2.80. The van der Waals surface area contributed by atoms with Crippen LogP contribution in [-0.2, 0) is 4.74 Å². The van der Waals surface area contributed by atoms with Crippen LogP contribution in [0.3, 0.4) is 0 Å². The Morgan fingerprint density at radius 3 is 2.53 bits per heavy atom. The third-order valence-corrected chi connectivity index (χ3v) is 5.64. The summed E-state index contributed by atoms with van der Waals surface area (Å²) in [5.74, 6) is 0. The van der Waals surface area contributed by atoms with Gasteiger partial charge in [0.1, 0.15) is 0 Å². The number of rotatable bonds is 5. The second-order valence-corrected chi connectivity index (χ2v) is 6.38. The molecule has 0 spiro atoms. The normalized spacial score (nSPS) is 35.7. The Hall–Kier alpha value is -0.120. The van der Waals surface area contributed by atoms with E-state index in [1.807, 2.05) is 7.11 Å². The molecule has 3 nitrogen and oxygen atoms in total. The molecule has 1 aliphatic carbocycles. The van der Waals surface area contributed by atoms with E-state index in [4.69, 9.17) is 4.74 Å². The zero-order chi connectivity index (χ0) is 13.9. The van der Waals surface area contributed by atoms with Gasteiger partial charge >= 0.3 is 0 Å². The van der Waals surface area contributed by atoms with E-state index in [1.54, 1.807) is 0 Å². The van der Waals surface area contributed by atoms with Gasteiger partial charge in [0.2, 0.25) is 0 Å². The summed E-state index contributed by atoms with van der Waals surface area (Å²) >= 11 is 0. The fourth-order valence-corrected chi connectivity index (χ4v) is 4.04. The first-order valence-corrected chi connectivity index (χ1v) is 8.23. The van der Waals surface area contributed by atoms with Crippen LogP contribution in [0.2, 0.25) is 0 Å². The number of piperazine rings is 1. The highest BCUT2D eigenvalue weighted by Crippen LogP contribution is 2.33. The molecule has 19 heavy (non-hydrogen) atoms. The maximum Gasteiger partial charge on any atom is 0.0726 e. The van der Waals surface area contributed by atoms with Crippen molar-refractivity contribution < 1.29 is 4.74 Å². The summed E-state index contributed by atoms with van der Waals surface area (Å²) in [6.45, 7) is 9.31. The molecule has 0 radical (unpaired) electrons. The van der Waals surface area contributed by atoms with Crippen LogP contribution in [0.25, 0.3) is 0 Å². The van der Waals surface area contributed by atoms with E-state index in [0.29, 0.717) is 23.7 Å². The summed E-state index contributed by atoms with van der Waals surface area (Å²) in [5, 5.41) is 3.84. The van der Waals surface area contributed by atoms with Gasteiger partial charge in [0.15, 0.2) is 0 Å². The van der Waals surface area contributed by atoms with E-state index >= 15 is 0 Å². The van der Waals surface area contributed by atoms with Crippen molar-refractivity contribution in [1.82, 2.24) is 10.2 Å². The number of hydrogen-bond donors (Lipinski definition) is 1. The van der Waals surface area contributed by atoms with Crippen LogP contribution in [0.5, 0.6) is 0 Å². The Bertz CT molecular complexity index is 278. The van der Waals surface area contributed by atoms with Crippen LogP contribution < -0.4 is 5.32 Å². The molecule has 0 aromatic carbocycles. The van der Waals surface area contributed by atoms with Crippen LogP contribution in [0.1, 0.15) is 59.3 Å². The number of nitrogens with zero attached hydrogens (tertiary/aromatic N) is 1. The molecule has 3 heteroatoms. The second-order valence-electron chi connectivity index (χ2n) is 6.38. The second kappa shape index (κ2) is 6.55. The standard InChI is InChI=1S/C16H32N2O/c1-5-13-11-17-16(6-2,7-3)12-18(13)14-9-8-10-15(14)19-4/h13-15,17H,5-12H2,1-4H3. The Balaban J connectivity index is 2.13. The lowest BCUT2D eigenvalue weighted by atomic mass is 9.87. The maximum absolute atomic E-state index is 5.74. The lowest BCUT2D eigenvalue weighted by Crippen LogP contribution is -2.66. The minimum atomic E-state index is 0.326. The molecule has 1 N–H and O–H groups in total. The highest BCUT2D eigenvalue weighted by molar-refractivity contribution is 5.01. The van der Waals surface area contributed by atoms with Crippen molar-refractivity contribution >= 4 is 0 Å². The van der Waals surface area contributed by atoms with E-state index in [-0.39, 0.29) is 0 Å². The molecule has 3 atom stereocenters. The first-order chi connectivity index (χ1) is 9.19. The average Bonchev–Trinajstić information content (AvgIpc) is 2.94. The first-order valence-electron chi connectivity index (χ1n) is 8.23. The van der Waals surface area contributed by atoms with Gasteiger partial charge < -0.3 is 10.1 Å². The van der Waals surface area contributed by atoms with E-state index in [2.05, 4.69) is 31.0 Å². The van der Waals surface area contributed by atoms with Crippen molar-refractivity contribution in [2.75, 3.05) is 20.2 Å². The molecule has 2 rings (SSSR count). The molecule has 0 amide bonds. The Labute approximate surface area is 119 Å². The first kappa shape index (κ1) is 15.3. The Morgan fingerprint density at radius 1 is 1.21 bits per heavy atom.